The summed E-state index contributed by atoms with van der Waals surface area (Å²) in [6.45, 7) is 3.88. The monoisotopic (exact) mass is 311 g/mol. The molecule has 1 heterocycles. The normalized spacial score (nSPS) is 27.2. The Hall–Kier alpha value is -0.940. The zero-order valence-electron chi connectivity index (χ0n) is 10.7. The maximum Gasteiger partial charge on any atom is 0.231 e. The quantitative estimate of drug-likeness (QED) is 0.825. The second-order valence-electron chi connectivity index (χ2n) is 5.20. The summed E-state index contributed by atoms with van der Waals surface area (Å²) in [5.74, 6) is -0.00368. The van der Waals surface area contributed by atoms with Gasteiger partial charge in [0.05, 0.1) is 17.3 Å². The average Bonchev–Trinajstić information content (AvgIpc) is 2.66. The van der Waals surface area contributed by atoms with E-state index in [0.29, 0.717) is 0 Å². The maximum atomic E-state index is 12.3. The molecule has 2 rings (SSSR count). The predicted octanol–water partition coefficient (Wildman–Crippen LogP) is 2.61. The molecule has 4 nitrogen and oxygen atoms in total. The largest absolute Gasteiger partial charge is 0.327 e. The van der Waals surface area contributed by atoms with Crippen LogP contribution in [0.5, 0.6) is 0 Å². The van der Waals surface area contributed by atoms with Gasteiger partial charge in [0, 0.05) is 6.04 Å². The molecule has 0 saturated heterocycles. The molecule has 0 aliphatic heterocycles. The fourth-order valence-electron chi connectivity index (χ4n) is 2.38. The van der Waals surface area contributed by atoms with Crippen molar-refractivity contribution in [3.05, 3.63) is 22.4 Å². The summed E-state index contributed by atoms with van der Waals surface area (Å²) in [7, 11) is 0. The molecule has 0 bridgehead atoms. The first kappa shape index (κ1) is 13.5. The van der Waals surface area contributed by atoms with Crippen LogP contribution in [0.1, 0.15) is 31.7 Å². The van der Waals surface area contributed by atoms with E-state index in [1.165, 1.54) is 0 Å². The van der Waals surface area contributed by atoms with Gasteiger partial charge in [0.25, 0.3) is 0 Å². The van der Waals surface area contributed by atoms with Gasteiger partial charge in [0.1, 0.15) is 4.60 Å². The molecule has 1 aliphatic carbocycles. The lowest BCUT2D eigenvalue weighted by Crippen LogP contribution is -2.44. The summed E-state index contributed by atoms with van der Waals surface area (Å²) >= 11 is 3.34. The van der Waals surface area contributed by atoms with Crippen molar-refractivity contribution in [2.24, 2.45) is 11.1 Å². The van der Waals surface area contributed by atoms with Crippen molar-refractivity contribution in [2.45, 2.75) is 39.2 Å². The summed E-state index contributed by atoms with van der Waals surface area (Å²) in [6, 6.07) is 1.85. The molecule has 1 aliphatic rings. The maximum absolute atomic E-state index is 12.3. The third-order valence-corrected chi connectivity index (χ3v) is 4.65. The van der Waals surface area contributed by atoms with E-state index in [9.17, 15) is 4.79 Å². The van der Waals surface area contributed by atoms with Crippen LogP contribution in [0.4, 0.5) is 5.69 Å². The Morgan fingerprint density at radius 3 is 2.94 bits per heavy atom. The number of aryl methyl sites for hydroxylation is 1. The van der Waals surface area contributed by atoms with Crippen LogP contribution < -0.4 is 11.1 Å². The van der Waals surface area contributed by atoms with Crippen LogP contribution >= 0.6 is 15.9 Å². The lowest BCUT2D eigenvalue weighted by atomic mass is 9.84. The highest BCUT2D eigenvalue weighted by Gasteiger charge is 2.42. The Morgan fingerprint density at radius 2 is 2.39 bits per heavy atom. The van der Waals surface area contributed by atoms with Gasteiger partial charge in [-0.15, -0.1) is 0 Å². The van der Waals surface area contributed by atoms with Crippen LogP contribution in [0, 0.1) is 12.3 Å². The van der Waals surface area contributed by atoms with E-state index < -0.39 is 5.41 Å². The third kappa shape index (κ3) is 2.42. The average molecular weight is 312 g/mol. The molecule has 1 aromatic heterocycles. The zero-order valence-corrected chi connectivity index (χ0v) is 12.3. The van der Waals surface area contributed by atoms with Gasteiger partial charge in [-0.3, -0.25) is 4.79 Å². The van der Waals surface area contributed by atoms with E-state index in [2.05, 4.69) is 26.2 Å². The second-order valence-corrected chi connectivity index (χ2v) is 5.95. The number of rotatable bonds is 2. The number of aromatic nitrogens is 1. The molecule has 5 heteroatoms. The number of amides is 1. The highest BCUT2D eigenvalue weighted by molar-refractivity contribution is 9.10. The standard InChI is InChI=1S/C13H18BrN3O/c1-8-6-9(7-16-11(8)14)17-12(18)13(2)5-3-4-10(13)15/h6-7,10H,3-5,15H2,1-2H3,(H,17,18). The van der Waals surface area contributed by atoms with E-state index in [1.54, 1.807) is 6.20 Å². The number of halogens is 1. The van der Waals surface area contributed by atoms with E-state index >= 15 is 0 Å². The van der Waals surface area contributed by atoms with Crippen molar-refractivity contribution in [2.75, 3.05) is 5.32 Å². The number of carbonyl (C=O) groups is 1. The van der Waals surface area contributed by atoms with E-state index in [1.807, 2.05) is 19.9 Å². The van der Waals surface area contributed by atoms with E-state index in [4.69, 9.17) is 5.73 Å². The van der Waals surface area contributed by atoms with Gasteiger partial charge >= 0.3 is 0 Å². The van der Waals surface area contributed by atoms with Gasteiger partial charge in [-0.2, -0.15) is 0 Å². The van der Waals surface area contributed by atoms with Crippen molar-refractivity contribution in [3.63, 3.8) is 0 Å². The first-order valence-electron chi connectivity index (χ1n) is 6.12. The van der Waals surface area contributed by atoms with Crippen molar-refractivity contribution in [3.8, 4) is 0 Å². The van der Waals surface area contributed by atoms with Crippen molar-refractivity contribution < 1.29 is 4.79 Å². The smallest absolute Gasteiger partial charge is 0.231 e. The highest BCUT2D eigenvalue weighted by Crippen LogP contribution is 2.37. The molecule has 1 amide bonds. The minimum Gasteiger partial charge on any atom is -0.327 e. The molecule has 2 unspecified atom stereocenters. The Balaban J connectivity index is 2.14. The number of pyridine rings is 1. The summed E-state index contributed by atoms with van der Waals surface area (Å²) in [5.41, 5.74) is 7.30. The van der Waals surface area contributed by atoms with Crippen LogP contribution in [0.2, 0.25) is 0 Å². The minimum absolute atomic E-state index is 0.00368. The molecule has 1 fully saturated rings. The molecule has 98 valence electrons. The lowest BCUT2D eigenvalue weighted by Gasteiger charge is -2.27. The lowest BCUT2D eigenvalue weighted by molar-refractivity contribution is -0.125. The molecule has 0 spiro atoms. The number of nitrogens with zero attached hydrogens (tertiary/aromatic N) is 1. The Bertz CT molecular complexity index is 477. The van der Waals surface area contributed by atoms with Crippen LogP contribution in [-0.4, -0.2) is 16.9 Å². The number of hydrogen-bond acceptors (Lipinski definition) is 3. The fraction of sp³-hybridized carbons (Fsp3) is 0.538. The molecule has 0 radical (unpaired) electrons. The SMILES string of the molecule is Cc1cc(NC(=O)C2(C)CCCC2N)cnc1Br. The molecule has 18 heavy (non-hydrogen) atoms. The van der Waals surface area contributed by atoms with Crippen LogP contribution in [0.3, 0.4) is 0 Å². The van der Waals surface area contributed by atoms with E-state index in [0.717, 1.165) is 35.1 Å². The Kier molecular flexibility index (Phi) is 3.73. The molecular weight excluding hydrogens is 294 g/mol. The number of anilines is 1. The van der Waals surface area contributed by atoms with Gasteiger partial charge < -0.3 is 11.1 Å². The molecule has 0 aromatic carbocycles. The highest BCUT2D eigenvalue weighted by atomic mass is 79.9. The summed E-state index contributed by atoms with van der Waals surface area (Å²) in [6.07, 6.45) is 4.44. The van der Waals surface area contributed by atoms with Gasteiger partial charge in [0.15, 0.2) is 0 Å². The fourth-order valence-corrected chi connectivity index (χ4v) is 2.59. The molecular formula is C13H18BrN3O. The van der Waals surface area contributed by atoms with Gasteiger partial charge in [0.2, 0.25) is 5.91 Å². The summed E-state index contributed by atoms with van der Waals surface area (Å²) in [5, 5.41) is 2.92. The third-order valence-electron chi connectivity index (χ3n) is 3.82. The molecule has 2 atom stereocenters. The summed E-state index contributed by atoms with van der Waals surface area (Å²) < 4.78 is 0.796. The number of carbonyl (C=O) groups excluding carboxylic acids is 1. The van der Waals surface area contributed by atoms with Crippen molar-refractivity contribution in [1.82, 2.24) is 4.98 Å². The van der Waals surface area contributed by atoms with Crippen LogP contribution in [0.15, 0.2) is 16.9 Å². The van der Waals surface area contributed by atoms with Gasteiger partial charge in [-0.05, 0) is 54.2 Å². The predicted molar refractivity (Wildman–Crippen MR) is 75.2 cm³/mol. The van der Waals surface area contributed by atoms with Gasteiger partial charge in [-0.1, -0.05) is 6.42 Å². The topological polar surface area (TPSA) is 68.0 Å². The van der Waals surface area contributed by atoms with Gasteiger partial charge in [-0.25, -0.2) is 4.98 Å². The zero-order chi connectivity index (χ0) is 13.3. The number of hydrogen-bond donors (Lipinski definition) is 2. The van der Waals surface area contributed by atoms with Crippen LogP contribution in [0.25, 0.3) is 0 Å². The minimum atomic E-state index is -0.457. The second kappa shape index (κ2) is 4.97. The summed E-state index contributed by atoms with van der Waals surface area (Å²) in [4.78, 5) is 16.5. The van der Waals surface area contributed by atoms with E-state index in [-0.39, 0.29) is 11.9 Å². The Morgan fingerprint density at radius 1 is 1.67 bits per heavy atom. The molecule has 3 N–H and O–H groups in total. The first-order valence-corrected chi connectivity index (χ1v) is 6.92. The van der Waals surface area contributed by atoms with Crippen molar-refractivity contribution >= 4 is 27.5 Å². The number of nitrogens with one attached hydrogen (secondary N) is 1. The molecule has 1 aromatic rings. The van der Waals surface area contributed by atoms with Crippen molar-refractivity contribution in [1.29, 1.82) is 0 Å². The molecule has 1 saturated carbocycles. The Labute approximate surface area is 115 Å². The number of nitrogens with two attached hydrogens (primary N) is 1. The van der Waals surface area contributed by atoms with Crippen LogP contribution in [-0.2, 0) is 4.79 Å². The first-order chi connectivity index (χ1) is 8.43.